The third-order valence-corrected chi connectivity index (χ3v) is 3.65. The van der Waals surface area contributed by atoms with Crippen molar-refractivity contribution >= 4 is 5.82 Å². The fraction of sp³-hybridized carbons (Fsp3) is 0.0556. The van der Waals surface area contributed by atoms with Crippen LogP contribution in [0.1, 0.15) is 5.56 Å². The Labute approximate surface area is 132 Å². The molecule has 4 N–H and O–H groups in total. The zero-order chi connectivity index (χ0) is 16.4. The molecule has 0 spiro atoms. The molecule has 116 valence electrons. The molecule has 3 aromatic rings. The highest BCUT2D eigenvalue weighted by Gasteiger charge is 2.15. The van der Waals surface area contributed by atoms with Crippen LogP contribution in [-0.4, -0.2) is 4.98 Å². The first kappa shape index (κ1) is 15.1. The number of nitrogens with two attached hydrogens (primary N) is 2. The predicted molar refractivity (Wildman–Crippen MR) is 87.3 cm³/mol. The molecule has 3 rings (SSSR count). The van der Waals surface area contributed by atoms with E-state index in [2.05, 4.69) is 4.98 Å². The van der Waals surface area contributed by atoms with Gasteiger partial charge in [-0.05, 0) is 23.8 Å². The number of anilines is 1. The number of rotatable bonds is 3. The van der Waals surface area contributed by atoms with Crippen molar-refractivity contribution in [3.8, 4) is 22.4 Å². The Bertz CT molecular complexity index is 848. The van der Waals surface area contributed by atoms with Gasteiger partial charge >= 0.3 is 0 Å². The Kier molecular flexibility index (Phi) is 4.04. The monoisotopic (exact) mass is 311 g/mol. The molecule has 0 saturated carbocycles. The van der Waals surface area contributed by atoms with E-state index in [9.17, 15) is 8.78 Å². The molecule has 23 heavy (non-hydrogen) atoms. The van der Waals surface area contributed by atoms with Gasteiger partial charge in [0.15, 0.2) is 0 Å². The van der Waals surface area contributed by atoms with E-state index in [-0.39, 0.29) is 17.9 Å². The maximum Gasteiger partial charge on any atom is 0.133 e. The standard InChI is InChI=1S/C18H15F2N3/c19-12-6-7-13(16(20)8-12)14-9-17(11-4-2-1-3-5-11)23-18(22)15(14)10-21/h1-9H,10,21H2,(H2,22,23). The minimum Gasteiger partial charge on any atom is -0.383 e. The molecule has 0 saturated heterocycles. The summed E-state index contributed by atoms with van der Waals surface area (Å²) in [5.41, 5.74) is 14.5. The molecule has 0 bridgehead atoms. The van der Waals surface area contributed by atoms with Crippen molar-refractivity contribution in [3.63, 3.8) is 0 Å². The van der Waals surface area contributed by atoms with Crippen LogP contribution in [0.5, 0.6) is 0 Å². The van der Waals surface area contributed by atoms with Crippen LogP contribution in [0.2, 0.25) is 0 Å². The summed E-state index contributed by atoms with van der Waals surface area (Å²) in [5.74, 6) is -1.05. The van der Waals surface area contributed by atoms with E-state index in [1.54, 1.807) is 6.07 Å². The van der Waals surface area contributed by atoms with Crippen LogP contribution in [0, 0.1) is 11.6 Å². The van der Waals surface area contributed by atoms with Crippen LogP contribution < -0.4 is 11.5 Å². The van der Waals surface area contributed by atoms with E-state index < -0.39 is 11.6 Å². The molecule has 0 radical (unpaired) electrons. The lowest BCUT2D eigenvalue weighted by molar-refractivity contribution is 0.585. The summed E-state index contributed by atoms with van der Waals surface area (Å²) < 4.78 is 27.3. The van der Waals surface area contributed by atoms with E-state index in [1.807, 2.05) is 30.3 Å². The molecule has 0 aliphatic heterocycles. The van der Waals surface area contributed by atoms with Crippen LogP contribution >= 0.6 is 0 Å². The van der Waals surface area contributed by atoms with Crippen molar-refractivity contribution in [2.75, 3.05) is 5.73 Å². The molecule has 5 heteroatoms. The maximum atomic E-state index is 14.2. The van der Waals surface area contributed by atoms with Gasteiger partial charge in [-0.15, -0.1) is 0 Å². The van der Waals surface area contributed by atoms with Crippen LogP contribution in [0.3, 0.4) is 0 Å². The highest BCUT2D eigenvalue weighted by molar-refractivity contribution is 5.77. The van der Waals surface area contributed by atoms with Gasteiger partial charge < -0.3 is 11.5 Å². The molecular formula is C18H15F2N3. The van der Waals surface area contributed by atoms with Crippen molar-refractivity contribution < 1.29 is 8.78 Å². The average Bonchev–Trinajstić information content (AvgIpc) is 2.55. The molecule has 2 aromatic carbocycles. The van der Waals surface area contributed by atoms with Gasteiger partial charge in [0.05, 0.1) is 5.69 Å². The molecule has 1 aromatic heterocycles. The number of hydrogen-bond acceptors (Lipinski definition) is 3. The number of nitrogens with zero attached hydrogens (tertiary/aromatic N) is 1. The minimum atomic E-state index is -0.663. The quantitative estimate of drug-likeness (QED) is 0.774. The van der Waals surface area contributed by atoms with Gasteiger partial charge in [-0.25, -0.2) is 13.8 Å². The minimum absolute atomic E-state index is 0.111. The number of pyridine rings is 1. The van der Waals surface area contributed by atoms with Gasteiger partial charge in [-0.1, -0.05) is 30.3 Å². The molecule has 3 nitrogen and oxygen atoms in total. The molecule has 0 atom stereocenters. The lowest BCUT2D eigenvalue weighted by Crippen LogP contribution is -2.07. The van der Waals surface area contributed by atoms with Crippen LogP contribution in [0.15, 0.2) is 54.6 Å². The zero-order valence-electron chi connectivity index (χ0n) is 12.3. The van der Waals surface area contributed by atoms with Crippen LogP contribution in [0.25, 0.3) is 22.4 Å². The van der Waals surface area contributed by atoms with Crippen molar-refractivity contribution in [1.82, 2.24) is 4.98 Å². The second-order valence-electron chi connectivity index (χ2n) is 5.11. The van der Waals surface area contributed by atoms with E-state index in [0.29, 0.717) is 16.8 Å². The largest absolute Gasteiger partial charge is 0.383 e. The SMILES string of the molecule is NCc1c(-c2ccc(F)cc2F)cc(-c2ccccc2)nc1N. The Morgan fingerprint density at radius 3 is 2.30 bits per heavy atom. The maximum absolute atomic E-state index is 14.2. The Morgan fingerprint density at radius 2 is 1.65 bits per heavy atom. The summed E-state index contributed by atoms with van der Waals surface area (Å²) in [5, 5.41) is 0. The van der Waals surface area contributed by atoms with Gasteiger partial charge in [0.2, 0.25) is 0 Å². The summed E-state index contributed by atoms with van der Waals surface area (Å²) in [6.07, 6.45) is 0. The number of aromatic nitrogens is 1. The van der Waals surface area contributed by atoms with E-state index in [0.717, 1.165) is 11.6 Å². The van der Waals surface area contributed by atoms with Gasteiger partial charge in [0, 0.05) is 29.3 Å². The molecule has 0 aliphatic carbocycles. The third kappa shape index (κ3) is 2.91. The zero-order valence-corrected chi connectivity index (χ0v) is 12.3. The first-order valence-corrected chi connectivity index (χ1v) is 7.10. The highest BCUT2D eigenvalue weighted by atomic mass is 19.1. The van der Waals surface area contributed by atoms with Crippen molar-refractivity contribution in [2.45, 2.75) is 6.54 Å². The van der Waals surface area contributed by atoms with E-state index in [4.69, 9.17) is 11.5 Å². The summed E-state index contributed by atoms with van der Waals surface area (Å²) in [7, 11) is 0. The van der Waals surface area contributed by atoms with Crippen LogP contribution in [-0.2, 0) is 6.54 Å². The van der Waals surface area contributed by atoms with Gasteiger partial charge in [0.25, 0.3) is 0 Å². The molecule has 0 fully saturated rings. The Balaban J connectivity index is 2.24. The average molecular weight is 311 g/mol. The number of hydrogen-bond donors (Lipinski definition) is 2. The normalized spacial score (nSPS) is 10.7. The first-order valence-electron chi connectivity index (χ1n) is 7.10. The number of nitrogen functional groups attached to an aromatic ring is 1. The van der Waals surface area contributed by atoms with Crippen LogP contribution in [0.4, 0.5) is 14.6 Å². The fourth-order valence-electron chi connectivity index (χ4n) is 2.51. The Hall–Kier alpha value is -2.79. The molecular weight excluding hydrogens is 296 g/mol. The molecule has 0 aliphatic rings. The molecule has 0 amide bonds. The van der Waals surface area contributed by atoms with Crippen molar-refractivity contribution in [3.05, 3.63) is 71.8 Å². The van der Waals surface area contributed by atoms with Gasteiger partial charge in [-0.3, -0.25) is 0 Å². The third-order valence-electron chi connectivity index (χ3n) is 3.65. The van der Waals surface area contributed by atoms with Gasteiger partial charge in [0.1, 0.15) is 17.5 Å². The number of benzene rings is 2. The molecule has 1 heterocycles. The first-order chi connectivity index (χ1) is 11.1. The smallest absolute Gasteiger partial charge is 0.133 e. The van der Waals surface area contributed by atoms with Gasteiger partial charge in [-0.2, -0.15) is 0 Å². The van der Waals surface area contributed by atoms with Crippen molar-refractivity contribution in [1.29, 1.82) is 0 Å². The second kappa shape index (κ2) is 6.14. The summed E-state index contributed by atoms with van der Waals surface area (Å²) in [4.78, 5) is 4.35. The predicted octanol–water partition coefficient (Wildman–Crippen LogP) is 3.73. The lowest BCUT2D eigenvalue weighted by atomic mass is 9.97. The van der Waals surface area contributed by atoms with Crippen molar-refractivity contribution in [2.24, 2.45) is 5.73 Å². The topological polar surface area (TPSA) is 64.9 Å². The second-order valence-corrected chi connectivity index (χ2v) is 5.11. The fourth-order valence-corrected chi connectivity index (χ4v) is 2.51. The number of halogens is 2. The summed E-state index contributed by atoms with van der Waals surface area (Å²) >= 11 is 0. The highest BCUT2D eigenvalue weighted by Crippen LogP contribution is 2.33. The summed E-state index contributed by atoms with van der Waals surface area (Å²) in [6, 6.07) is 14.6. The Morgan fingerprint density at radius 1 is 0.913 bits per heavy atom. The lowest BCUT2D eigenvalue weighted by Gasteiger charge is -2.14. The molecule has 0 unspecified atom stereocenters. The summed E-state index contributed by atoms with van der Waals surface area (Å²) in [6.45, 7) is 0.111. The van der Waals surface area contributed by atoms with E-state index >= 15 is 0 Å². The van der Waals surface area contributed by atoms with E-state index in [1.165, 1.54) is 12.1 Å².